The van der Waals surface area contributed by atoms with Gasteiger partial charge in [-0.15, -0.1) is 0 Å². The summed E-state index contributed by atoms with van der Waals surface area (Å²) in [5.74, 6) is -0.0886. The molecule has 0 N–H and O–H groups in total. The summed E-state index contributed by atoms with van der Waals surface area (Å²) in [6.45, 7) is 15.0. The summed E-state index contributed by atoms with van der Waals surface area (Å²) in [7, 11) is 1.48. The Morgan fingerprint density at radius 1 is 1.06 bits per heavy atom. The zero-order chi connectivity index (χ0) is 13.2. The van der Waals surface area contributed by atoms with Crippen molar-refractivity contribution < 1.29 is 9.53 Å². The molecule has 0 saturated carbocycles. The van der Waals surface area contributed by atoms with Crippen LogP contribution in [0.15, 0.2) is 0 Å². The molecular weight excluding hydrogens is 200 g/mol. The Labute approximate surface area is 101 Å². The van der Waals surface area contributed by atoms with E-state index in [4.69, 9.17) is 4.74 Å². The number of methoxy groups -OCH3 is 1. The maximum atomic E-state index is 12.1. The SMILES string of the molecule is CCC(C)(C)[C@](C)(CC(C)(C)C)C(=O)OC. The first-order valence-electron chi connectivity index (χ1n) is 6.08. The van der Waals surface area contributed by atoms with E-state index in [0.717, 1.165) is 12.8 Å². The number of carbonyl (C=O) groups excluding carboxylic acids is 1. The van der Waals surface area contributed by atoms with Crippen LogP contribution in [0.25, 0.3) is 0 Å². The number of hydrogen-bond donors (Lipinski definition) is 0. The van der Waals surface area contributed by atoms with Crippen LogP contribution in [-0.4, -0.2) is 13.1 Å². The van der Waals surface area contributed by atoms with E-state index in [2.05, 4.69) is 41.5 Å². The summed E-state index contributed by atoms with van der Waals surface area (Å²) in [4.78, 5) is 12.1. The van der Waals surface area contributed by atoms with Gasteiger partial charge in [0, 0.05) is 0 Å². The second-order valence-corrected chi connectivity index (χ2v) is 6.80. The molecule has 2 heteroatoms. The van der Waals surface area contributed by atoms with Gasteiger partial charge in [0.05, 0.1) is 12.5 Å². The van der Waals surface area contributed by atoms with Crippen LogP contribution in [0.2, 0.25) is 0 Å². The predicted molar refractivity (Wildman–Crippen MR) is 68.3 cm³/mol. The van der Waals surface area contributed by atoms with Gasteiger partial charge in [-0.25, -0.2) is 0 Å². The molecule has 0 fully saturated rings. The molecule has 0 aromatic heterocycles. The maximum Gasteiger partial charge on any atom is 0.312 e. The lowest BCUT2D eigenvalue weighted by Gasteiger charge is -2.44. The third-order valence-corrected chi connectivity index (χ3v) is 3.90. The van der Waals surface area contributed by atoms with Crippen molar-refractivity contribution in [2.75, 3.05) is 7.11 Å². The fraction of sp³-hybridized carbons (Fsp3) is 0.929. The van der Waals surface area contributed by atoms with Crippen molar-refractivity contribution in [3.8, 4) is 0 Å². The lowest BCUT2D eigenvalue weighted by Crippen LogP contribution is -2.45. The van der Waals surface area contributed by atoms with Crippen LogP contribution in [0, 0.1) is 16.2 Å². The molecule has 0 aromatic carbocycles. The summed E-state index contributed by atoms with van der Waals surface area (Å²) in [6.07, 6.45) is 1.81. The van der Waals surface area contributed by atoms with Gasteiger partial charge >= 0.3 is 5.97 Å². The van der Waals surface area contributed by atoms with E-state index in [9.17, 15) is 4.79 Å². The van der Waals surface area contributed by atoms with Gasteiger partial charge in [-0.05, 0) is 30.6 Å². The topological polar surface area (TPSA) is 26.3 Å². The summed E-state index contributed by atoms with van der Waals surface area (Å²) in [5, 5.41) is 0. The molecule has 0 heterocycles. The molecule has 0 saturated heterocycles. The number of hydrogen-bond acceptors (Lipinski definition) is 2. The molecule has 16 heavy (non-hydrogen) atoms. The van der Waals surface area contributed by atoms with Crippen molar-refractivity contribution in [2.24, 2.45) is 16.2 Å². The molecule has 0 amide bonds. The van der Waals surface area contributed by atoms with Gasteiger partial charge in [0.2, 0.25) is 0 Å². The Morgan fingerprint density at radius 3 is 1.75 bits per heavy atom. The smallest absolute Gasteiger partial charge is 0.312 e. The van der Waals surface area contributed by atoms with E-state index in [-0.39, 0.29) is 16.8 Å². The van der Waals surface area contributed by atoms with Crippen LogP contribution in [0.1, 0.15) is 61.3 Å². The van der Waals surface area contributed by atoms with Crippen LogP contribution in [0.4, 0.5) is 0 Å². The van der Waals surface area contributed by atoms with Gasteiger partial charge in [0.15, 0.2) is 0 Å². The van der Waals surface area contributed by atoms with E-state index in [0.29, 0.717) is 0 Å². The number of carbonyl (C=O) groups is 1. The van der Waals surface area contributed by atoms with Crippen LogP contribution in [-0.2, 0) is 9.53 Å². The normalized spacial score (nSPS) is 16.8. The monoisotopic (exact) mass is 228 g/mol. The van der Waals surface area contributed by atoms with Crippen molar-refractivity contribution in [3.63, 3.8) is 0 Å². The molecule has 96 valence electrons. The van der Waals surface area contributed by atoms with Gasteiger partial charge in [0.1, 0.15) is 0 Å². The predicted octanol–water partition coefficient (Wildman–Crippen LogP) is 4.04. The standard InChI is InChI=1S/C14H28O2/c1-9-13(5,6)14(7,11(15)16-8)10-12(2,3)4/h9-10H2,1-8H3/t14-/m1/s1. The molecule has 2 nitrogen and oxygen atoms in total. The summed E-state index contributed by atoms with van der Waals surface area (Å²) in [5.41, 5.74) is -0.350. The zero-order valence-corrected chi connectivity index (χ0v) is 12.2. The average Bonchev–Trinajstić information content (AvgIpc) is 2.13. The Kier molecular flexibility index (Phi) is 4.61. The lowest BCUT2D eigenvalue weighted by molar-refractivity contribution is -0.162. The fourth-order valence-corrected chi connectivity index (χ4v) is 2.26. The molecule has 0 aliphatic rings. The lowest BCUT2D eigenvalue weighted by atomic mass is 9.59. The van der Waals surface area contributed by atoms with Gasteiger partial charge < -0.3 is 4.74 Å². The molecule has 0 aliphatic carbocycles. The van der Waals surface area contributed by atoms with E-state index in [1.54, 1.807) is 0 Å². The highest BCUT2D eigenvalue weighted by Crippen LogP contribution is 2.49. The average molecular weight is 228 g/mol. The highest BCUT2D eigenvalue weighted by Gasteiger charge is 2.48. The van der Waals surface area contributed by atoms with Gasteiger partial charge in [-0.2, -0.15) is 0 Å². The highest BCUT2D eigenvalue weighted by molar-refractivity contribution is 5.77. The van der Waals surface area contributed by atoms with Crippen molar-refractivity contribution in [1.82, 2.24) is 0 Å². The molecular formula is C14H28O2. The summed E-state index contributed by atoms with van der Waals surface area (Å²) < 4.78 is 5.01. The van der Waals surface area contributed by atoms with Crippen molar-refractivity contribution >= 4 is 5.97 Å². The Balaban J connectivity index is 5.29. The minimum atomic E-state index is -0.422. The summed E-state index contributed by atoms with van der Waals surface area (Å²) >= 11 is 0. The highest BCUT2D eigenvalue weighted by atomic mass is 16.5. The number of rotatable bonds is 4. The third kappa shape index (κ3) is 3.23. The molecule has 0 aliphatic heterocycles. The van der Waals surface area contributed by atoms with Crippen LogP contribution in [0.5, 0.6) is 0 Å². The van der Waals surface area contributed by atoms with Gasteiger partial charge in [0.25, 0.3) is 0 Å². The zero-order valence-electron chi connectivity index (χ0n) is 12.2. The van der Waals surface area contributed by atoms with Gasteiger partial charge in [-0.1, -0.05) is 41.5 Å². The van der Waals surface area contributed by atoms with Crippen molar-refractivity contribution in [3.05, 3.63) is 0 Å². The van der Waals surface area contributed by atoms with E-state index in [1.165, 1.54) is 7.11 Å². The maximum absolute atomic E-state index is 12.1. The third-order valence-electron chi connectivity index (χ3n) is 3.90. The second kappa shape index (κ2) is 4.77. The quantitative estimate of drug-likeness (QED) is 0.679. The summed E-state index contributed by atoms with van der Waals surface area (Å²) in [6, 6.07) is 0. The first-order valence-corrected chi connectivity index (χ1v) is 6.08. The molecule has 1 atom stereocenters. The molecule has 0 rings (SSSR count). The van der Waals surface area contributed by atoms with Crippen molar-refractivity contribution in [2.45, 2.75) is 61.3 Å². The molecule has 0 radical (unpaired) electrons. The van der Waals surface area contributed by atoms with Crippen LogP contribution >= 0.6 is 0 Å². The minimum absolute atomic E-state index is 0.0482. The van der Waals surface area contributed by atoms with E-state index >= 15 is 0 Å². The Hall–Kier alpha value is -0.530. The Bertz CT molecular complexity index is 248. The Morgan fingerprint density at radius 2 is 1.50 bits per heavy atom. The first kappa shape index (κ1) is 15.5. The molecule has 0 bridgehead atoms. The van der Waals surface area contributed by atoms with E-state index < -0.39 is 5.41 Å². The second-order valence-electron chi connectivity index (χ2n) is 6.80. The van der Waals surface area contributed by atoms with Crippen LogP contribution < -0.4 is 0 Å². The van der Waals surface area contributed by atoms with Crippen molar-refractivity contribution in [1.29, 1.82) is 0 Å². The number of ether oxygens (including phenoxy) is 1. The molecule has 0 spiro atoms. The van der Waals surface area contributed by atoms with Crippen LogP contribution in [0.3, 0.4) is 0 Å². The molecule has 0 aromatic rings. The first-order chi connectivity index (χ1) is 7.00. The van der Waals surface area contributed by atoms with Gasteiger partial charge in [-0.3, -0.25) is 4.79 Å². The largest absolute Gasteiger partial charge is 0.469 e. The molecule has 0 unspecified atom stereocenters. The number of esters is 1. The fourth-order valence-electron chi connectivity index (χ4n) is 2.26. The minimum Gasteiger partial charge on any atom is -0.469 e. The van der Waals surface area contributed by atoms with E-state index in [1.807, 2.05) is 6.92 Å².